The maximum atomic E-state index is 12.0. The number of carbonyl (C=O) groups excluding carboxylic acids is 1. The van der Waals surface area contributed by atoms with Crippen LogP contribution in [-0.4, -0.2) is 60.2 Å². The number of hydrogen-bond donors (Lipinski definition) is 3. The molecular weight excluding hydrogens is 366 g/mol. The highest BCUT2D eigenvalue weighted by molar-refractivity contribution is 6.28. The van der Waals surface area contributed by atoms with Crippen LogP contribution < -0.4 is 5.32 Å². The predicted molar refractivity (Wildman–Crippen MR) is 91.8 cm³/mol. The first-order valence-electron chi connectivity index (χ1n) is 8.02. The van der Waals surface area contributed by atoms with Gasteiger partial charge in [-0.1, -0.05) is 0 Å². The average molecular weight is 386 g/mol. The van der Waals surface area contributed by atoms with Gasteiger partial charge < -0.3 is 19.7 Å². The molecule has 1 aliphatic rings. The molecule has 0 spiro atoms. The molecule has 3 atom stereocenters. The van der Waals surface area contributed by atoms with Crippen molar-refractivity contribution in [3.8, 4) is 0 Å². The zero-order valence-corrected chi connectivity index (χ0v) is 15.3. The quantitative estimate of drug-likeness (QED) is 0.676. The van der Waals surface area contributed by atoms with Crippen LogP contribution in [0.1, 0.15) is 33.4 Å². The molecule has 10 nitrogen and oxygen atoms in total. The van der Waals surface area contributed by atoms with Gasteiger partial charge in [-0.2, -0.15) is 9.97 Å². The van der Waals surface area contributed by atoms with E-state index in [4.69, 9.17) is 21.1 Å². The molecule has 0 bridgehead atoms. The molecule has 1 aliphatic heterocycles. The Labute approximate surface area is 154 Å². The van der Waals surface area contributed by atoms with Crippen molar-refractivity contribution in [2.75, 3.05) is 11.9 Å². The van der Waals surface area contributed by atoms with Gasteiger partial charge in [0.1, 0.15) is 17.9 Å². The lowest BCUT2D eigenvalue weighted by molar-refractivity contribution is -0.0432. The molecule has 3 heterocycles. The van der Waals surface area contributed by atoms with Crippen molar-refractivity contribution < 1.29 is 24.5 Å². The van der Waals surface area contributed by atoms with E-state index in [0.717, 1.165) is 0 Å². The number of carbonyl (C=O) groups is 1. The topological polar surface area (TPSA) is 132 Å². The third-order valence-corrected chi connectivity index (χ3v) is 3.88. The predicted octanol–water partition coefficient (Wildman–Crippen LogP) is 1.47. The van der Waals surface area contributed by atoms with E-state index < -0.39 is 30.1 Å². The fourth-order valence-corrected chi connectivity index (χ4v) is 2.80. The summed E-state index contributed by atoms with van der Waals surface area (Å²) in [6.45, 7) is 4.92. The second-order valence-electron chi connectivity index (χ2n) is 6.91. The fraction of sp³-hybridized carbons (Fsp3) is 0.600. The van der Waals surface area contributed by atoms with Crippen LogP contribution in [0.25, 0.3) is 11.2 Å². The Hall–Kier alpha value is -2.01. The van der Waals surface area contributed by atoms with E-state index in [2.05, 4.69) is 20.3 Å². The molecule has 0 unspecified atom stereocenters. The van der Waals surface area contributed by atoms with Gasteiger partial charge in [0.25, 0.3) is 0 Å². The average Bonchev–Trinajstić information content (AvgIpc) is 3.08. The van der Waals surface area contributed by atoms with Gasteiger partial charge in [-0.3, -0.25) is 9.88 Å². The number of hydrogen-bond acceptors (Lipinski definition) is 8. The Bertz CT molecular complexity index is 821. The molecule has 2 aromatic rings. The Morgan fingerprint density at radius 3 is 2.85 bits per heavy atom. The summed E-state index contributed by atoms with van der Waals surface area (Å²) in [7, 11) is 0. The molecule has 142 valence electrons. The van der Waals surface area contributed by atoms with Gasteiger partial charge in [-0.15, -0.1) is 0 Å². The number of nitrogens with one attached hydrogen (secondary N) is 1. The van der Waals surface area contributed by atoms with Crippen molar-refractivity contribution in [3.05, 3.63) is 11.6 Å². The fourth-order valence-electron chi connectivity index (χ4n) is 2.64. The normalized spacial score (nSPS) is 23.4. The highest BCUT2D eigenvalue weighted by atomic mass is 35.5. The van der Waals surface area contributed by atoms with Crippen LogP contribution in [0.15, 0.2) is 6.33 Å². The maximum absolute atomic E-state index is 12.0. The van der Waals surface area contributed by atoms with Crippen LogP contribution in [0.4, 0.5) is 10.6 Å². The van der Waals surface area contributed by atoms with Crippen LogP contribution in [0.2, 0.25) is 5.28 Å². The lowest BCUT2D eigenvalue weighted by Crippen LogP contribution is -2.27. The van der Waals surface area contributed by atoms with Gasteiger partial charge >= 0.3 is 6.09 Å². The molecule has 2 aromatic heterocycles. The molecular formula is C15H20ClN5O5. The van der Waals surface area contributed by atoms with Crippen molar-refractivity contribution in [2.45, 2.75) is 51.2 Å². The highest BCUT2D eigenvalue weighted by Crippen LogP contribution is 2.32. The standard InChI is InChI=1S/C15H20ClN5O5/c1-15(2,3)26-14(24)19-11-10-12(20-13(16)18-11)21(6-17-10)9-4-7(23)8(5-22)25-9/h6-9,22-23H,4-5H2,1-3H3,(H,18,19,20,24)/t7-,8-,9-/m1/s1. The Kier molecular flexibility index (Phi) is 5.02. The lowest BCUT2D eigenvalue weighted by atomic mass is 10.2. The third-order valence-electron chi connectivity index (χ3n) is 3.71. The number of anilines is 1. The van der Waals surface area contributed by atoms with Crippen molar-refractivity contribution in [2.24, 2.45) is 0 Å². The number of aromatic nitrogens is 4. The number of nitrogens with zero attached hydrogens (tertiary/aromatic N) is 4. The van der Waals surface area contributed by atoms with Gasteiger partial charge in [0.2, 0.25) is 5.28 Å². The Balaban J connectivity index is 1.91. The van der Waals surface area contributed by atoms with E-state index in [-0.39, 0.29) is 24.1 Å². The highest BCUT2D eigenvalue weighted by Gasteiger charge is 2.35. The first-order chi connectivity index (χ1) is 12.2. The maximum Gasteiger partial charge on any atom is 0.413 e. The number of rotatable bonds is 3. The number of aliphatic hydroxyl groups is 2. The van der Waals surface area contributed by atoms with Crippen LogP contribution in [0.5, 0.6) is 0 Å². The molecule has 3 rings (SSSR count). The van der Waals surface area contributed by atoms with Crippen LogP contribution in [-0.2, 0) is 9.47 Å². The van der Waals surface area contributed by atoms with E-state index in [1.54, 1.807) is 25.3 Å². The number of fused-ring (bicyclic) bond motifs is 1. The smallest absolute Gasteiger partial charge is 0.413 e. The van der Waals surface area contributed by atoms with E-state index >= 15 is 0 Å². The van der Waals surface area contributed by atoms with Crippen LogP contribution in [0.3, 0.4) is 0 Å². The number of imidazole rings is 1. The van der Waals surface area contributed by atoms with Gasteiger partial charge in [0.05, 0.1) is 19.0 Å². The Morgan fingerprint density at radius 2 is 2.23 bits per heavy atom. The van der Waals surface area contributed by atoms with Gasteiger partial charge in [-0.25, -0.2) is 9.78 Å². The molecule has 0 aliphatic carbocycles. The zero-order valence-electron chi connectivity index (χ0n) is 14.5. The lowest BCUT2D eigenvalue weighted by Gasteiger charge is -2.19. The monoisotopic (exact) mass is 385 g/mol. The molecule has 11 heteroatoms. The third kappa shape index (κ3) is 3.88. The molecule has 0 saturated carbocycles. The molecule has 26 heavy (non-hydrogen) atoms. The van der Waals surface area contributed by atoms with Crippen molar-refractivity contribution >= 4 is 34.7 Å². The minimum absolute atomic E-state index is 0.0948. The van der Waals surface area contributed by atoms with E-state index in [1.807, 2.05) is 0 Å². The zero-order chi connectivity index (χ0) is 19.1. The molecule has 1 saturated heterocycles. The first-order valence-corrected chi connectivity index (χ1v) is 8.40. The minimum Gasteiger partial charge on any atom is -0.444 e. The van der Waals surface area contributed by atoms with Crippen molar-refractivity contribution in [3.63, 3.8) is 0 Å². The first kappa shape index (κ1) is 18.8. The molecule has 0 radical (unpaired) electrons. The summed E-state index contributed by atoms with van der Waals surface area (Å²) < 4.78 is 12.4. The molecule has 1 amide bonds. The number of ether oxygens (including phenoxy) is 2. The van der Waals surface area contributed by atoms with Gasteiger partial charge in [0, 0.05) is 6.42 Å². The molecule has 3 N–H and O–H groups in total. The van der Waals surface area contributed by atoms with Gasteiger partial charge in [0.15, 0.2) is 17.0 Å². The van der Waals surface area contributed by atoms with E-state index in [9.17, 15) is 15.0 Å². The number of amides is 1. The SMILES string of the molecule is CC(C)(C)OC(=O)Nc1nc(Cl)nc2c1ncn2[C@H]1C[C@@H](O)[C@@H](CO)O1. The summed E-state index contributed by atoms with van der Waals surface area (Å²) in [6.07, 6.45) is -1.06. The van der Waals surface area contributed by atoms with Gasteiger partial charge in [-0.05, 0) is 32.4 Å². The summed E-state index contributed by atoms with van der Waals surface area (Å²) in [5.74, 6) is 0.102. The van der Waals surface area contributed by atoms with Crippen molar-refractivity contribution in [1.29, 1.82) is 0 Å². The Morgan fingerprint density at radius 1 is 1.50 bits per heavy atom. The largest absolute Gasteiger partial charge is 0.444 e. The van der Waals surface area contributed by atoms with Crippen LogP contribution >= 0.6 is 11.6 Å². The summed E-state index contributed by atoms with van der Waals surface area (Å²) in [6, 6.07) is 0. The van der Waals surface area contributed by atoms with E-state index in [1.165, 1.54) is 6.33 Å². The van der Waals surface area contributed by atoms with Crippen molar-refractivity contribution in [1.82, 2.24) is 19.5 Å². The number of halogens is 1. The molecule has 0 aromatic carbocycles. The summed E-state index contributed by atoms with van der Waals surface area (Å²) in [4.78, 5) is 24.4. The molecule has 1 fully saturated rings. The van der Waals surface area contributed by atoms with E-state index in [0.29, 0.717) is 11.2 Å². The second-order valence-corrected chi connectivity index (χ2v) is 7.25. The number of aliphatic hydroxyl groups excluding tert-OH is 2. The summed E-state index contributed by atoms with van der Waals surface area (Å²) in [5.41, 5.74) is -0.0513. The minimum atomic E-state index is -0.806. The summed E-state index contributed by atoms with van der Waals surface area (Å²) in [5, 5.41) is 21.6. The van der Waals surface area contributed by atoms with Crippen LogP contribution in [0, 0.1) is 0 Å². The second kappa shape index (κ2) is 6.95. The summed E-state index contributed by atoms with van der Waals surface area (Å²) >= 11 is 5.97.